The van der Waals surface area contributed by atoms with E-state index in [1.54, 1.807) is 42.6 Å². The minimum atomic E-state index is -0.286. The summed E-state index contributed by atoms with van der Waals surface area (Å²) in [6.07, 6.45) is 1.84. The molecule has 0 saturated carbocycles. The van der Waals surface area contributed by atoms with Crippen molar-refractivity contribution < 1.29 is 9.59 Å². The zero-order valence-corrected chi connectivity index (χ0v) is 13.8. The van der Waals surface area contributed by atoms with Gasteiger partial charge in [-0.15, -0.1) is 0 Å². The molecule has 0 atom stereocenters. The van der Waals surface area contributed by atoms with Crippen molar-refractivity contribution in [3.8, 4) is 0 Å². The monoisotopic (exact) mass is 347 g/mol. The van der Waals surface area contributed by atoms with Crippen LogP contribution in [0.5, 0.6) is 0 Å². The number of hydrogen-bond donors (Lipinski definition) is 2. The van der Waals surface area contributed by atoms with Crippen molar-refractivity contribution in [3.63, 3.8) is 0 Å². The van der Waals surface area contributed by atoms with E-state index in [4.69, 9.17) is 11.6 Å². The van der Waals surface area contributed by atoms with Crippen LogP contribution in [-0.2, 0) is 11.3 Å². The van der Waals surface area contributed by atoms with Crippen LogP contribution in [0.1, 0.15) is 16.8 Å². The summed E-state index contributed by atoms with van der Waals surface area (Å²) >= 11 is 5.94. The number of nitrogens with zero attached hydrogens (tertiary/aromatic N) is 1. The van der Waals surface area contributed by atoms with E-state index in [0.29, 0.717) is 30.2 Å². The van der Waals surface area contributed by atoms with Gasteiger partial charge in [-0.1, -0.05) is 29.8 Å². The molecule has 126 valence electrons. The number of aromatic nitrogens is 1. The predicted molar refractivity (Wildman–Crippen MR) is 92.1 cm³/mol. The van der Waals surface area contributed by atoms with Crippen molar-refractivity contribution in [2.75, 3.05) is 13.1 Å². The van der Waals surface area contributed by atoms with Gasteiger partial charge in [-0.25, -0.2) is 0 Å². The molecule has 0 spiro atoms. The van der Waals surface area contributed by atoms with E-state index in [2.05, 4.69) is 10.6 Å². The molecule has 0 aliphatic rings. The van der Waals surface area contributed by atoms with Gasteiger partial charge < -0.3 is 15.2 Å². The Hall–Kier alpha value is -2.60. The molecule has 2 N–H and O–H groups in total. The molecule has 1 aromatic heterocycles. The molecule has 0 aliphatic heterocycles. The fraction of sp³-hybridized carbons (Fsp3) is 0.235. The lowest BCUT2D eigenvalue weighted by Gasteiger charge is -2.09. The number of carbonyl (C=O) groups is 2. The molecule has 24 heavy (non-hydrogen) atoms. The summed E-state index contributed by atoms with van der Waals surface area (Å²) in [5.41, 5.74) is 0.256. The molecule has 0 radical (unpaired) electrons. The number of rotatable bonds is 7. The number of aryl methyl sites for hydroxylation is 1. The minimum Gasteiger partial charge on any atom is -0.354 e. The van der Waals surface area contributed by atoms with Gasteiger partial charge in [-0.3, -0.25) is 14.4 Å². The fourth-order valence-corrected chi connectivity index (χ4v) is 2.30. The molecule has 2 aromatic rings. The molecule has 1 aromatic carbocycles. The first-order chi connectivity index (χ1) is 11.6. The van der Waals surface area contributed by atoms with E-state index in [-0.39, 0.29) is 23.8 Å². The Bertz CT molecular complexity index is 773. The Morgan fingerprint density at radius 1 is 1.00 bits per heavy atom. The van der Waals surface area contributed by atoms with Crippen LogP contribution in [0.3, 0.4) is 0 Å². The first kappa shape index (κ1) is 17.7. The summed E-state index contributed by atoms with van der Waals surface area (Å²) in [6.45, 7) is 0.914. The number of hydrogen-bond acceptors (Lipinski definition) is 3. The van der Waals surface area contributed by atoms with Crippen LogP contribution < -0.4 is 16.2 Å². The maximum atomic E-state index is 11.9. The second-order valence-corrected chi connectivity index (χ2v) is 5.48. The summed E-state index contributed by atoms with van der Waals surface area (Å²) in [5, 5.41) is 5.76. The van der Waals surface area contributed by atoms with Crippen LogP contribution in [0, 0.1) is 0 Å². The van der Waals surface area contributed by atoms with Gasteiger partial charge in [0.1, 0.15) is 0 Å². The molecule has 2 rings (SSSR count). The third-order valence-electron chi connectivity index (χ3n) is 3.33. The van der Waals surface area contributed by atoms with Gasteiger partial charge in [-0.05, 0) is 18.2 Å². The van der Waals surface area contributed by atoms with E-state index in [1.807, 2.05) is 0 Å². The van der Waals surface area contributed by atoms with Crippen LogP contribution in [0.15, 0.2) is 53.5 Å². The summed E-state index contributed by atoms with van der Waals surface area (Å²) in [7, 11) is 0. The summed E-state index contributed by atoms with van der Waals surface area (Å²) in [5.74, 6) is -0.469. The lowest BCUT2D eigenvalue weighted by atomic mass is 10.2. The maximum Gasteiger partial charge on any atom is 0.252 e. The lowest BCUT2D eigenvalue weighted by Crippen LogP contribution is -2.35. The normalized spacial score (nSPS) is 10.2. The Morgan fingerprint density at radius 2 is 1.71 bits per heavy atom. The minimum absolute atomic E-state index is 0.141. The number of nitrogens with one attached hydrogen (secondary N) is 2. The fourth-order valence-electron chi connectivity index (χ4n) is 2.07. The second kappa shape index (κ2) is 8.88. The lowest BCUT2D eigenvalue weighted by molar-refractivity contribution is -0.121. The first-order valence-corrected chi connectivity index (χ1v) is 7.90. The second-order valence-electron chi connectivity index (χ2n) is 5.07. The number of amides is 2. The zero-order valence-electron chi connectivity index (χ0n) is 13.0. The van der Waals surface area contributed by atoms with Crippen molar-refractivity contribution in [1.29, 1.82) is 0 Å². The van der Waals surface area contributed by atoms with Crippen LogP contribution in [0.2, 0.25) is 5.02 Å². The Labute approximate surface area is 144 Å². The third kappa shape index (κ3) is 5.24. The van der Waals surface area contributed by atoms with Crippen molar-refractivity contribution in [3.05, 3.63) is 69.6 Å². The Balaban J connectivity index is 1.68. The highest BCUT2D eigenvalue weighted by Gasteiger charge is 2.08. The molecule has 7 heteroatoms. The number of pyridine rings is 1. The third-order valence-corrected chi connectivity index (χ3v) is 3.66. The molecule has 1 heterocycles. The van der Waals surface area contributed by atoms with Crippen molar-refractivity contribution in [1.82, 2.24) is 15.2 Å². The quantitative estimate of drug-likeness (QED) is 0.744. The molecule has 2 amide bonds. The van der Waals surface area contributed by atoms with Gasteiger partial charge in [0, 0.05) is 38.3 Å². The summed E-state index contributed by atoms with van der Waals surface area (Å²) in [4.78, 5) is 35.2. The van der Waals surface area contributed by atoms with Gasteiger partial charge in [0.05, 0.1) is 10.6 Å². The molecule has 0 aliphatic carbocycles. The van der Waals surface area contributed by atoms with Gasteiger partial charge in [0.15, 0.2) is 0 Å². The first-order valence-electron chi connectivity index (χ1n) is 7.53. The molecular formula is C17H18ClN3O3. The standard InChI is InChI=1S/C17H18ClN3O3/c18-14-6-2-1-5-13(14)17(24)20-10-9-19-15(22)8-12-21-11-4-3-7-16(21)23/h1-7,11H,8-10,12H2,(H,19,22)(H,20,24). The molecule has 0 bridgehead atoms. The number of benzene rings is 1. The summed E-state index contributed by atoms with van der Waals surface area (Å²) < 4.78 is 1.47. The topological polar surface area (TPSA) is 80.2 Å². The molecule has 0 unspecified atom stereocenters. The molecule has 6 nitrogen and oxygen atoms in total. The van der Waals surface area contributed by atoms with E-state index in [0.717, 1.165) is 0 Å². The van der Waals surface area contributed by atoms with E-state index < -0.39 is 0 Å². The summed E-state index contributed by atoms with van der Waals surface area (Å²) in [6, 6.07) is 11.6. The van der Waals surface area contributed by atoms with Crippen molar-refractivity contribution >= 4 is 23.4 Å². The average Bonchev–Trinajstić information content (AvgIpc) is 2.58. The Kier molecular flexibility index (Phi) is 6.57. The van der Waals surface area contributed by atoms with Crippen molar-refractivity contribution in [2.45, 2.75) is 13.0 Å². The largest absolute Gasteiger partial charge is 0.354 e. The van der Waals surface area contributed by atoms with E-state index in [1.165, 1.54) is 10.6 Å². The number of halogens is 1. The maximum absolute atomic E-state index is 11.9. The zero-order chi connectivity index (χ0) is 17.4. The average molecular weight is 348 g/mol. The van der Waals surface area contributed by atoms with Crippen LogP contribution in [0.25, 0.3) is 0 Å². The highest BCUT2D eigenvalue weighted by atomic mass is 35.5. The highest BCUT2D eigenvalue weighted by molar-refractivity contribution is 6.33. The van der Waals surface area contributed by atoms with Crippen LogP contribution in [0.4, 0.5) is 0 Å². The van der Waals surface area contributed by atoms with Gasteiger partial charge in [-0.2, -0.15) is 0 Å². The van der Waals surface area contributed by atoms with E-state index >= 15 is 0 Å². The van der Waals surface area contributed by atoms with Crippen LogP contribution >= 0.6 is 11.6 Å². The van der Waals surface area contributed by atoms with Gasteiger partial charge in [0.25, 0.3) is 11.5 Å². The van der Waals surface area contributed by atoms with Gasteiger partial charge >= 0.3 is 0 Å². The molecule has 0 fully saturated rings. The van der Waals surface area contributed by atoms with Crippen molar-refractivity contribution in [2.24, 2.45) is 0 Å². The van der Waals surface area contributed by atoms with Gasteiger partial charge in [0.2, 0.25) is 5.91 Å². The smallest absolute Gasteiger partial charge is 0.252 e. The Morgan fingerprint density at radius 3 is 2.46 bits per heavy atom. The van der Waals surface area contributed by atoms with Crippen LogP contribution in [-0.4, -0.2) is 29.5 Å². The molecular weight excluding hydrogens is 330 g/mol. The predicted octanol–water partition coefficient (Wildman–Crippen LogP) is 1.44. The molecule has 0 saturated heterocycles. The highest BCUT2D eigenvalue weighted by Crippen LogP contribution is 2.14. The SMILES string of the molecule is O=C(CCn1ccccc1=O)NCCNC(=O)c1ccccc1Cl. The van der Waals surface area contributed by atoms with E-state index in [9.17, 15) is 14.4 Å². The number of carbonyl (C=O) groups excluding carboxylic acids is 2.